The van der Waals surface area contributed by atoms with Gasteiger partial charge in [0, 0.05) is 36.4 Å². The largest absolute Gasteiger partial charge is 0.481 e. The molecule has 24 nitrogen and oxygen atoms in total. The number of anilines is 1. The SMILES string of the molecule is CC(C)(COP(=O)(O)OP(=O)(O)OC[C@H]1O[C@@H](n2cnc3c(N)ncnc32)[C@H](O)[C@@H]1OP(=O)(O)O)[C@@H](O)C(=O)NCCC(=O)NCCSSCCO. The predicted octanol–water partition coefficient (Wildman–Crippen LogP) is -1.22. The Bertz CT molecular complexity index is 1670. The van der Waals surface area contributed by atoms with Gasteiger partial charge in [-0.3, -0.25) is 27.7 Å². The van der Waals surface area contributed by atoms with Crippen LogP contribution in [0.25, 0.3) is 11.2 Å². The van der Waals surface area contributed by atoms with Gasteiger partial charge in [0.25, 0.3) is 0 Å². The van der Waals surface area contributed by atoms with Crippen LogP contribution in [0.5, 0.6) is 0 Å². The van der Waals surface area contributed by atoms with Crippen molar-refractivity contribution >= 4 is 73.9 Å². The molecule has 1 aliphatic rings. The minimum absolute atomic E-state index is 0.0343. The van der Waals surface area contributed by atoms with Gasteiger partial charge in [-0.15, -0.1) is 0 Å². The van der Waals surface area contributed by atoms with Crippen LogP contribution in [0.3, 0.4) is 0 Å². The first-order chi connectivity index (χ1) is 24.2. The smallest absolute Gasteiger partial charge is 0.395 e. The molecule has 2 unspecified atom stereocenters. The maximum absolute atomic E-state index is 12.6. The molecule has 0 saturated carbocycles. The van der Waals surface area contributed by atoms with Gasteiger partial charge in [0.15, 0.2) is 17.7 Å². The van der Waals surface area contributed by atoms with Crippen molar-refractivity contribution in [2.24, 2.45) is 5.41 Å². The fourth-order valence-corrected chi connectivity index (χ4v) is 8.83. The molecule has 7 atom stereocenters. The first kappa shape index (κ1) is 44.6. The zero-order valence-electron chi connectivity index (χ0n) is 27.4. The van der Waals surface area contributed by atoms with Crippen molar-refractivity contribution in [1.82, 2.24) is 30.2 Å². The minimum atomic E-state index is -5.55. The number of nitrogens with one attached hydrogen (secondary N) is 2. The van der Waals surface area contributed by atoms with E-state index < -0.39 is 78.6 Å². The molecular formula is C23H40N7O17P3S2. The van der Waals surface area contributed by atoms with Crippen LogP contribution < -0.4 is 16.4 Å². The Morgan fingerprint density at radius 3 is 2.40 bits per heavy atom. The highest BCUT2D eigenvalue weighted by atomic mass is 33.1. The van der Waals surface area contributed by atoms with Crippen molar-refractivity contribution in [3.63, 3.8) is 0 Å². The first-order valence-electron chi connectivity index (χ1n) is 14.9. The lowest BCUT2D eigenvalue weighted by molar-refractivity contribution is -0.137. The van der Waals surface area contributed by atoms with E-state index >= 15 is 0 Å². The lowest BCUT2D eigenvalue weighted by atomic mass is 9.87. The number of amides is 2. The molecule has 0 spiro atoms. The lowest BCUT2D eigenvalue weighted by Gasteiger charge is -2.30. The quantitative estimate of drug-likeness (QED) is 0.0377. The van der Waals surface area contributed by atoms with Gasteiger partial charge in [-0.05, 0) is 0 Å². The number of hydrogen-bond donors (Lipinski definition) is 10. The number of carbonyl (C=O) groups is 2. The second-order valence-electron chi connectivity index (χ2n) is 11.4. The summed E-state index contributed by atoms with van der Waals surface area (Å²) < 4.78 is 61.9. The van der Waals surface area contributed by atoms with Crippen molar-refractivity contribution in [1.29, 1.82) is 0 Å². The van der Waals surface area contributed by atoms with Crippen molar-refractivity contribution in [3.8, 4) is 0 Å². The first-order valence-corrected chi connectivity index (χ1v) is 21.9. The van der Waals surface area contributed by atoms with E-state index in [1.54, 1.807) is 0 Å². The van der Waals surface area contributed by atoms with Gasteiger partial charge in [-0.1, -0.05) is 35.4 Å². The molecule has 3 heterocycles. The number of rotatable bonds is 22. The Morgan fingerprint density at radius 1 is 1.06 bits per heavy atom. The Labute approximate surface area is 303 Å². The monoisotopic (exact) mass is 843 g/mol. The number of imidazole rings is 1. The fraction of sp³-hybridized carbons (Fsp3) is 0.696. The summed E-state index contributed by atoms with van der Waals surface area (Å²) in [5.74, 6) is -0.209. The highest BCUT2D eigenvalue weighted by Gasteiger charge is 2.50. The maximum Gasteiger partial charge on any atom is 0.481 e. The van der Waals surface area contributed by atoms with Gasteiger partial charge in [0.2, 0.25) is 11.8 Å². The molecule has 2 aromatic rings. The van der Waals surface area contributed by atoms with Gasteiger partial charge in [0.1, 0.15) is 36.3 Å². The number of fused-ring (bicyclic) bond motifs is 1. The maximum atomic E-state index is 12.6. The van der Waals surface area contributed by atoms with Gasteiger partial charge in [0.05, 0.1) is 26.1 Å². The van der Waals surface area contributed by atoms with E-state index in [1.807, 2.05) is 0 Å². The van der Waals surface area contributed by atoms with Crippen molar-refractivity contribution in [2.45, 2.75) is 50.9 Å². The van der Waals surface area contributed by atoms with Crippen LogP contribution >= 0.6 is 45.1 Å². The molecule has 0 aliphatic carbocycles. The predicted molar refractivity (Wildman–Crippen MR) is 182 cm³/mol. The molecule has 0 radical (unpaired) electrons. The third kappa shape index (κ3) is 13.5. The number of aliphatic hydroxyl groups excluding tert-OH is 3. The van der Waals surface area contributed by atoms with Gasteiger partial charge >= 0.3 is 23.5 Å². The summed E-state index contributed by atoms with van der Waals surface area (Å²) in [4.78, 5) is 75.2. The molecule has 2 amide bonds. The summed E-state index contributed by atoms with van der Waals surface area (Å²) in [6, 6.07) is 0. The number of nitrogens with two attached hydrogens (primary N) is 1. The zero-order chi connectivity index (χ0) is 38.9. The summed E-state index contributed by atoms with van der Waals surface area (Å²) in [7, 11) is -13.4. The molecule has 296 valence electrons. The second kappa shape index (κ2) is 19.2. The summed E-state index contributed by atoms with van der Waals surface area (Å²) in [5, 5.41) is 35.1. The summed E-state index contributed by atoms with van der Waals surface area (Å²) in [6.07, 6.45) is -6.80. The number of nitrogen functional groups attached to an aromatic ring is 1. The molecule has 1 saturated heterocycles. The van der Waals surface area contributed by atoms with Gasteiger partial charge in [-0.25, -0.2) is 28.6 Å². The van der Waals surface area contributed by atoms with Crippen molar-refractivity contribution in [3.05, 3.63) is 12.7 Å². The molecule has 11 N–H and O–H groups in total. The lowest BCUT2D eigenvalue weighted by Crippen LogP contribution is -2.46. The molecular weight excluding hydrogens is 803 g/mol. The third-order valence-corrected chi connectivity index (χ3v) is 12.3. The Morgan fingerprint density at radius 2 is 1.73 bits per heavy atom. The Kier molecular flexibility index (Phi) is 16.4. The van der Waals surface area contributed by atoms with Crippen LogP contribution in [0.2, 0.25) is 0 Å². The zero-order valence-corrected chi connectivity index (χ0v) is 31.8. The van der Waals surface area contributed by atoms with Crippen LogP contribution in [0.1, 0.15) is 26.5 Å². The molecule has 3 rings (SSSR count). The number of phosphoric ester groups is 3. The number of hydrogen-bond acceptors (Lipinski definition) is 19. The molecule has 0 bridgehead atoms. The van der Waals surface area contributed by atoms with E-state index in [0.29, 0.717) is 18.1 Å². The Hall–Kier alpha value is -1.80. The van der Waals surface area contributed by atoms with E-state index in [-0.39, 0.29) is 42.5 Å². The van der Waals surface area contributed by atoms with Crippen LogP contribution in [0, 0.1) is 5.41 Å². The van der Waals surface area contributed by atoms with Crippen molar-refractivity contribution in [2.75, 3.05) is 50.1 Å². The summed E-state index contributed by atoms with van der Waals surface area (Å²) in [6.45, 7) is 0.778. The highest BCUT2D eigenvalue weighted by Crippen LogP contribution is 2.61. The minimum Gasteiger partial charge on any atom is -0.395 e. The van der Waals surface area contributed by atoms with Crippen LogP contribution in [-0.2, 0) is 45.9 Å². The van der Waals surface area contributed by atoms with E-state index in [4.69, 9.17) is 24.6 Å². The van der Waals surface area contributed by atoms with E-state index in [2.05, 4.69) is 34.4 Å². The number of carbonyl (C=O) groups excluding carboxylic acids is 2. The van der Waals surface area contributed by atoms with Crippen LogP contribution in [0.15, 0.2) is 12.7 Å². The standard InChI is InChI=1S/C23H40N7O17P3S2/c1-23(2,18(34)21(35)26-4-3-14(32)25-5-7-51-52-8-6-31)10-44-50(41,42)47-49(39,40)43-9-13-17(46-48(36,37)38)16(33)22(45-13)30-12-29-15-19(24)27-11-28-20(15)30/h11-13,16-18,22,31,33-34H,3-10H2,1-2H3,(H,25,32)(H,26,35)(H,39,40)(H,41,42)(H2,24,27,28)(H2,36,37,38)/t13-,16-,17-,18+,22-/m1/s1. The molecule has 2 aromatic heterocycles. The van der Waals surface area contributed by atoms with Crippen LogP contribution in [-0.4, -0.2) is 135 Å². The third-order valence-electron chi connectivity index (χ3n) is 6.84. The molecule has 1 fully saturated rings. The molecule has 1 aliphatic heterocycles. The Balaban J connectivity index is 1.53. The average Bonchev–Trinajstić information content (AvgIpc) is 3.60. The number of aliphatic hydroxyl groups is 3. The van der Waals surface area contributed by atoms with E-state index in [0.717, 1.165) is 17.2 Å². The molecule has 52 heavy (non-hydrogen) atoms. The van der Waals surface area contributed by atoms with Crippen molar-refractivity contribution < 1.29 is 80.8 Å². The van der Waals surface area contributed by atoms with E-state index in [9.17, 15) is 53.1 Å². The van der Waals surface area contributed by atoms with E-state index in [1.165, 1.54) is 35.4 Å². The summed E-state index contributed by atoms with van der Waals surface area (Å²) in [5.41, 5.74) is 4.29. The topological polar surface area (TPSA) is 367 Å². The number of ether oxygens (including phenoxy) is 1. The summed E-state index contributed by atoms with van der Waals surface area (Å²) >= 11 is 0. The molecule has 29 heteroatoms. The molecule has 0 aromatic carbocycles. The average molecular weight is 844 g/mol. The highest BCUT2D eigenvalue weighted by molar-refractivity contribution is 8.76. The van der Waals surface area contributed by atoms with Gasteiger partial charge < -0.3 is 56.0 Å². The fourth-order valence-electron chi connectivity index (χ4n) is 4.33. The number of aromatic nitrogens is 4. The number of nitrogens with zero attached hydrogens (tertiary/aromatic N) is 4. The van der Waals surface area contributed by atoms with Crippen LogP contribution in [0.4, 0.5) is 5.82 Å². The number of phosphoric acid groups is 3. The second-order valence-corrected chi connectivity index (χ2v) is 18.4. The normalized spacial score (nSPS) is 22.5. The van der Waals surface area contributed by atoms with Gasteiger partial charge in [-0.2, -0.15) is 4.31 Å².